The normalized spacial score (nSPS) is 26.6. The second kappa shape index (κ2) is 8.02. The van der Waals surface area contributed by atoms with Crippen LogP contribution in [0.25, 0.3) is 0 Å². The third-order valence-corrected chi connectivity index (χ3v) is 6.32. The summed E-state index contributed by atoms with van der Waals surface area (Å²) in [5, 5.41) is 19.5. The van der Waals surface area contributed by atoms with Gasteiger partial charge in [-0.2, -0.15) is 0 Å². The van der Waals surface area contributed by atoms with Gasteiger partial charge in [-0.05, 0) is 37.6 Å². The zero-order valence-electron chi connectivity index (χ0n) is 15.8. The van der Waals surface area contributed by atoms with Crippen LogP contribution in [0.5, 0.6) is 0 Å². The molecule has 0 aromatic rings. The Balaban J connectivity index is 1.60. The molecule has 9 nitrogen and oxygen atoms in total. The lowest BCUT2D eigenvalue weighted by Gasteiger charge is -2.37. The monoisotopic (exact) mass is 383 g/mol. The summed E-state index contributed by atoms with van der Waals surface area (Å²) in [7, 11) is 1.29. The third kappa shape index (κ3) is 4.35. The molecule has 3 rings (SSSR count). The molecule has 0 aromatic carbocycles. The molecule has 1 spiro atoms. The molecule has 1 saturated carbocycles. The van der Waals surface area contributed by atoms with E-state index in [1.54, 1.807) is 0 Å². The molecule has 3 fully saturated rings. The topological polar surface area (TPSA) is 111 Å². The number of piperidine rings is 1. The first kappa shape index (κ1) is 19.9. The Morgan fingerprint density at radius 3 is 2.56 bits per heavy atom. The molecule has 3 aliphatic rings. The SMILES string of the molecule is COC(=O)[C@@H](CCN1CCC2(CC2)[C@H](O)C1)N1CCN(C(=O)O)CCC1=O. The number of hydrogen-bond acceptors (Lipinski definition) is 6. The molecule has 27 heavy (non-hydrogen) atoms. The summed E-state index contributed by atoms with van der Waals surface area (Å²) in [5.74, 6) is -0.715. The van der Waals surface area contributed by atoms with Crippen molar-refractivity contribution in [3.8, 4) is 0 Å². The maximum absolute atomic E-state index is 12.5. The van der Waals surface area contributed by atoms with Crippen LogP contribution in [0.1, 0.15) is 32.1 Å². The summed E-state index contributed by atoms with van der Waals surface area (Å²) in [5.41, 5.74) is 0.124. The number of aliphatic hydroxyl groups excluding tert-OH is 1. The standard InChI is InChI=1S/C18H29N3O6/c1-27-16(24)13(21-11-10-20(17(25)26)8-3-15(21)23)2-7-19-9-6-18(4-5-18)14(22)12-19/h13-14,22H,2-12H2,1H3,(H,25,26)/t13-,14-/m1/s1. The van der Waals surface area contributed by atoms with Crippen molar-refractivity contribution in [2.45, 2.75) is 44.2 Å². The number of likely N-dealkylation sites (tertiary alicyclic amines) is 1. The predicted molar refractivity (Wildman–Crippen MR) is 95.1 cm³/mol. The maximum atomic E-state index is 12.5. The van der Waals surface area contributed by atoms with Gasteiger partial charge in [-0.1, -0.05) is 0 Å². The highest BCUT2D eigenvalue weighted by Gasteiger charge is 2.51. The molecule has 2 aliphatic heterocycles. The van der Waals surface area contributed by atoms with Crippen molar-refractivity contribution in [3.63, 3.8) is 0 Å². The van der Waals surface area contributed by atoms with E-state index in [2.05, 4.69) is 4.90 Å². The number of methoxy groups -OCH3 is 1. The number of hydrogen-bond donors (Lipinski definition) is 2. The number of carbonyl (C=O) groups is 3. The van der Waals surface area contributed by atoms with Crippen LogP contribution < -0.4 is 0 Å². The van der Waals surface area contributed by atoms with Crippen LogP contribution in [-0.4, -0.2) is 101 Å². The van der Waals surface area contributed by atoms with E-state index in [-0.39, 0.29) is 43.5 Å². The van der Waals surface area contributed by atoms with Crippen molar-refractivity contribution in [2.75, 3.05) is 46.4 Å². The highest BCUT2D eigenvalue weighted by molar-refractivity contribution is 5.85. The lowest BCUT2D eigenvalue weighted by molar-refractivity contribution is -0.153. The summed E-state index contributed by atoms with van der Waals surface area (Å²) in [6, 6.07) is -0.731. The summed E-state index contributed by atoms with van der Waals surface area (Å²) < 4.78 is 4.90. The summed E-state index contributed by atoms with van der Waals surface area (Å²) in [6.07, 6.45) is 2.23. The van der Waals surface area contributed by atoms with E-state index in [0.717, 1.165) is 25.8 Å². The van der Waals surface area contributed by atoms with Gasteiger partial charge in [0.25, 0.3) is 0 Å². The van der Waals surface area contributed by atoms with Gasteiger partial charge in [0.1, 0.15) is 6.04 Å². The van der Waals surface area contributed by atoms with Gasteiger partial charge in [0.15, 0.2) is 0 Å². The van der Waals surface area contributed by atoms with Crippen LogP contribution in [0, 0.1) is 5.41 Å². The van der Waals surface area contributed by atoms with Gasteiger partial charge in [-0.3, -0.25) is 4.79 Å². The van der Waals surface area contributed by atoms with E-state index in [0.29, 0.717) is 19.5 Å². The third-order valence-electron chi connectivity index (χ3n) is 6.32. The zero-order chi connectivity index (χ0) is 19.6. The molecule has 2 atom stereocenters. The average Bonchev–Trinajstić information content (AvgIpc) is 3.44. The molecule has 0 bridgehead atoms. The van der Waals surface area contributed by atoms with E-state index in [1.807, 2.05) is 0 Å². The van der Waals surface area contributed by atoms with Crippen molar-refractivity contribution >= 4 is 18.0 Å². The van der Waals surface area contributed by atoms with Crippen LogP contribution in [0.2, 0.25) is 0 Å². The van der Waals surface area contributed by atoms with Crippen molar-refractivity contribution in [3.05, 3.63) is 0 Å². The maximum Gasteiger partial charge on any atom is 0.407 e. The van der Waals surface area contributed by atoms with Gasteiger partial charge >= 0.3 is 12.1 Å². The molecule has 152 valence electrons. The molecule has 2 heterocycles. The lowest BCUT2D eigenvalue weighted by atomic mass is 9.90. The minimum Gasteiger partial charge on any atom is -0.467 e. The first-order chi connectivity index (χ1) is 12.9. The van der Waals surface area contributed by atoms with E-state index < -0.39 is 18.1 Å². The second-order valence-corrected chi connectivity index (χ2v) is 7.86. The predicted octanol–water partition coefficient (Wildman–Crippen LogP) is -0.0228. The van der Waals surface area contributed by atoms with Gasteiger partial charge in [0.05, 0.1) is 13.2 Å². The summed E-state index contributed by atoms with van der Waals surface area (Å²) in [4.78, 5) is 40.8. The quantitative estimate of drug-likeness (QED) is 0.642. The number of carboxylic acid groups (broad SMARTS) is 1. The van der Waals surface area contributed by atoms with Gasteiger partial charge in [0.2, 0.25) is 5.91 Å². The fraction of sp³-hybridized carbons (Fsp3) is 0.833. The fourth-order valence-corrected chi connectivity index (χ4v) is 4.23. The second-order valence-electron chi connectivity index (χ2n) is 7.86. The summed E-state index contributed by atoms with van der Waals surface area (Å²) in [6.45, 7) is 2.55. The highest BCUT2D eigenvalue weighted by atomic mass is 16.5. The Kier molecular flexibility index (Phi) is 5.90. The van der Waals surface area contributed by atoms with E-state index >= 15 is 0 Å². The molecule has 9 heteroatoms. The highest BCUT2D eigenvalue weighted by Crippen LogP contribution is 2.53. The number of amides is 2. The molecule has 1 aliphatic carbocycles. The van der Waals surface area contributed by atoms with Crippen LogP contribution in [0.15, 0.2) is 0 Å². The Hall–Kier alpha value is -1.87. The molecule has 0 aromatic heterocycles. The molecule has 0 unspecified atom stereocenters. The van der Waals surface area contributed by atoms with Gasteiger partial charge in [-0.15, -0.1) is 0 Å². The van der Waals surface area contributed by atoms with E-state index in [1.165, 1.54) is 16.9 Å². The number of carbonyl (C=O) groups excluding carboxylic acids is 2. The van der Waals surface area contributed by atoms with Crippen LogP contribution in [0.4, 0.5) is 4.79 Å². The fourth-order valence-electron chi connectivity index (χ4n) is 4.23. The zero-order valence-corrected chi connectivity index (χ0v) is 15.8. The lowest BCUT2D eigenvalue weighted by Crippen LogP contribution is -2.50. The molecule has 0 radical (unpaired) electrons. The van der Waals surface area contributed by atoms with Crippen molar-refractivity contribution in [2.24, 2.45) is 5.41 Å². The van der Waals surface area contributed by atoms with Crippen molar-refractivity contribution in [1.29, 1.82) is 0 Å². The van der Waals surface area contributed by atoms with Crippen LogP contribution in [-0.2, 0) is 14.3 Å². The molecular formula is C18H29N3O6. The molecular weight excluding hydrogens is 354 g/mol. The van der Waals surface area contributed by atoms with Crippen molar-refractivity contribution in [1.82, 2.24) is 14.7 Å². The molecule has 2 amide bonds. The number of aliphatic hydroxyl groups is 1. The van der Waals surface area contributed by atoms with E-state index in [9.17, 15) is 19.5 Å². The summed E-state index contributed by atoms with van der Waals surface area (Å²) >= 11 is 0. The smallest absolute Gasteiger partial charge is 0.407 e. The number of nitrogens with zero attached hydrogens (tertiary/aromatic N) is 3. The number of rotatable bonds is 5. The van der Waals surface area contributed by atoms with Gasteiger partial charge < -0.3 is 29.6 Å². The Morgan fingerprint density at radius 1 is 1.22 bits per heavy atom. The number of β-amino-alcohol motifs (C(OH)–C–C–N with tert-alkyl or cyclic N) is 1. The Labute approximate surface area is 158 Å². The minimum absolute atomic E-state index is 0.0603. The molecule has 2 saturated heterocycles. The van der Waals surface area contributed by atoms with Crippen LogP contribution in [0.3, 0.4) is 0 Å². The largest absolute Gasteiger partial charge is 0.467 e. The van der Waals surface area contributed by atoms with Gasteiger partial charge in [-0.25, -0.2) is 9.59 Å². The number of esters is 1. The first-order valence-corrected chi connectivity index (χ1v) is 9.62. The van der Waals surface area contributed by atoms with Gasteiger partial charge in [0, 0.05) is 39.1 Å². The van der Waals surface area contributed by atoms with E-state index in [4.69, 9.17) is 9.84 Å². The minimum atomic E-state index is -1.06. The van der Waals surface area contributed by atoms with Crippen molar-refractivity contribution < 1.29 is 29.3 Å². The Bertz CT molecular complexity index is 594. The molecule has 2 N–H and O–H groups in total. The first-order valence-electron chi connectivity index (χ1n) is 9.62. The Morgan fingerprint density at radius 2 is 1.96 bits per heavy atom. The van der Waals surface area contributed by atoms with Crippen LogP contribution >= 0.6 is 0 Å². The average molecular weight is 383 g/mol. The number of ether oxygens (including phenoxy) is 1.